The molecule has 18 heavy (non-hydrogen) atoms. The number of ether oxygens (including phenoxy) is 1. The summed E-state index contributed by atoms with van der Waals surface area (Å²) in [6.45, 7) is 0. The zero-order valence-electron chi connectivity index (χ0n) is 9.62. The summed E-state index contributed by atoms with van der Waals surface area (Å²) in [7, 11) is 2.92. The van der Waals surface area contributed by atoms with Gasteiger partial charge in [0.1, 0.15) is 11.4 Å². The Bertz CT molecular complexity index is 662. The van der Waals surface area contributed by atoms with Crippen LogP contribution in [0.1, 0.15) is 10.4 Å². The number of hydrogen-bond acceptors (Lipinski definition) is 5. The van der Waals surface area contributed by atoms with Gasteiger partial charge in [0.2, 0.25) is 0 Å². The monoisotopic (exact) mass is 312 g/mol. The molecule has 0 N–H and O–H groups in total. The zero-order valence-corrected chi connectivity index (χ0v) is 11.2. The average molecular weight is 313 g/mol. The number of benzene rings is 1. The summed E-state index contributed by atoms with van der Waals surface area (Å²) in [4.78, 5) is 23.0. The fourth-order valence-electron chi connectivity index (χ4n) is 1.52. The van der Waals surface area contributed by atoms with Crippen LogP contribution in [-0.2, 0) is 7.05 Å². The van der Waals surface area contributed by atoms with E-state index in [1.54, 1.807) is 12.1 Å². The lowest BCUT2D eigenvalue weighted by Gasteiger charge is -2.09. The van der Waals surface area contributed by atoms with Gasteiger partial charge in [-0.15, -0.1) is 0 Å². The largest absolute Gasteiger partial charge is 0.496 e. The van der Waals surface area contributed by atoms with Crippen LogP contribution in [0.5, 0.6) is 5.75 Å². The molecule has 2 rings (SSSR count). The molecule has 0 amide bonds. The molecule has 94 valence electrons. The van der Waals surface area contributed by atoms with E-state index in [2.05, 4.69) is 26.4 Å². The number of hydrogen-bond donors (Lipinski definition) is 0. The summed E-state index contributed by atoms with van der Waals surface area (Å²) in [6.07, 6.45) is 0.611. The second kappa shape index (κ2) is 4.73. The van der Waals surface area contributed by atoms with E-state index in [-0.39, 0.29) is 5.56 Å². The van der Waals surface area contributed by atoms with E-state index < -0.39 is 5.69 Å². The smallest absolute Gasteiger partial charge is 0.368 e. The Morgan fingerprint density at radius 2 is 2.11 bits per heavy atom. The highest BCUT2D eigenvalue weighted by molar-refractivity contribution is 9.10. The Morgan fingerprint density at radius 1 is 1.39 bits per heavy atom. The van der Waals surface area contributed by atoms with E-state index in [9.17, 15) is 9.59 Å². The molecule has 0 fully saturated rings. The first-order chi connectivity index (χ1) is 8.60. The lowest BCUT2D eigenvalue weighted by molar-refractivity contribution is 0.112. The molecule has 0 atom stereocenters. The molecular weight excluding hydrogens is 304 g/mol. The summed E-state index contributed by atoms with van der Waals surface area (Å²) < 4.78 is 7.73. The van der Waals surface area contributed by atoms with E-state index in [0.29, 0.717) is 22.2 Å². The normalized spacial score (nSPS) is 10.4. The van der Waals surface area contributed by atoms with Crippen molar-refractivity contribution in [3.63, 3.8) is 0 Å². The van der Waals surface area contributed by atoms with Crippen molar-refractivity contribution in [1.82, 2.24) is 19.8 Å². The van der Waals surface area contributed by atoms with Gasteiger partial charge in [-0.05, 0) is 38.5 Å². The summed E-state index contributed by atoms with van der Waals surface area (Å²) in [6, 6.07) is 3.29. The number of methoxy groups -OCH3 is 1. The van der Waals surface area contributed by atoms with Crippen molar-refractivity contribution in [3.05, 3.63) is 32.7 Å². The zero-order chi connectivity index (χ0) is 13.3. The second-order valence-electron chi connectivity index (χ2n) is 3.43. The van der Waals surface area contributed by atoms with Crippen LogP contribution in [0.15, 0.2) is 21.4 Å². The number of nitrogens with zero attached hydrogens (tertiary/aromatic N) is 4. The first kappa shape index (κ1) is 12.5. The van der Waals surface area contributed by atoms with Gasteiger partial charge < -0.3 is 4.74 Å². The molecule has 1 aromatic heterocycles. The number of aromatic nitrogens is 4. The van der Waals surface area contributed by atoms with Gasteiger partial charge in [0, 0.05) is 11.5 Å². The van der Waals surface area contributed by atoms with E-state index in [1.165, 1.54) is 14.2 Å². The number of aryl methyl sites for hydroxylation is 1. The fraction of sp³-hybridized carbons (Fsp3) is 0.200. The number of tetrazole rings is 1. The summed E-state index contributed by atoms with van der Waals surface area (Å²) in [5.74, 6) is 0.362. The minimum absolute atomic E-state index is 0.231. The second-order valence-corrected chi connectivity index (χ2v) is 4.28. The highest BCUT2D eigenvalue weighted by Crippen LogP contribution is 2.29. The van der Waals surface area contributed by atoms with Crippen LogP contribution in [0.4, 0.5) is 0 Å². The standard InChI is InChI=1S/C10H9BrN4O3/c1-14-10(17)15(13-12-14)9-6(5-16)8(18-2)4-3-7(9)11/h3-5H,1-2H3. The van der Waals surface area contributed by atoms with Gasteiger partial charge >= 0.3 is 5.69 Å². The predicted octanol–water partition coefficient (Wildman–Crippen LogP) is 0.550. The number of rotatable bonds is 3. The molecule has 2 aromatic rings. The Balaban J connectivity index is 2.81. The molecule has 0 unspecified atom stereocenters. The van der Waals surface area contributed by atoms with Gasteiger partial charge in [0.25, 0.3) is 0 Å². The molecule has 0 bridgehead atoms. The number of halogens is 1. The Kier molecular flexibility index (Phi) is 3.28. The minimum atomic E-state index is -0.452. The van der Waals surface area contributed by atoms with E-state index in [0.717, 1.165) is 9.36 Å². The van der Waals surface area contributed by atoms with Crippen molar-refractivity contribution in [2.24, 2.45) is 7.05 Å². The van der Waals surface area contributed by atoms with Crippen molar-refractivity contribution in [1.29, 1.82) is 0 Å². The molecule has 0 spiro atoms. The quantitative estimate of drug-likeness (QED) is 0.773. The third-order valence-electron chi connectivity index (χ3n) is 2.40. The molecule has 8 heteroatoms. The first-order valence-corrected chi connectivity index (χ1v) is 5.70. The SMILES string of the molecule is COc1ccc(Br)c(-n2nnn(C)c2=O)c1C=O. The molecular formula is C10H9BrN4O3. The van der Waals surface area contributed by atoms with Crippen molar-refractivity contribution < 1.29 is 9.53 Å². The topological polar surface area (TPSA) is 79.0 Å². The number of carbonyl (C=O) groups is 1. The summed E-state index contributed by atoms with van der Waals surface area (Å²) in [5, 5.41) is 7.31. The summed E-state index contributed by atoms with van der Waals surface area (Å²) >= 11 is 3.28. The van der Waals surface area contributed by atoms with Gasteiger partial charge in [0.05, 0.1) is 12.7 Å². The molecule has 0 aliphatic carbocycles. The molecule has 0 radical (unpaired) electrons. The Labute approximate surface area is 110 Å². The average Bonchev–Trinajstić information content (AvgIpc) is 2.69. The lowest BCUT2D eigenvalue weighted by atomic mass is 10.2. The molecule has 1 aromatic carbocycles. The van der Waals surface area contributed by atoms with E-state index in [1.807, 2.05) is 0 Å². The van der Waals surface area contributed by atoms with Crippen LogP contribution < -0.4 is 10.4 Å². The van der Waals surface area contributed by atoms with Crippen molar-refractivity contribution in [2.75, 3.05) is 7.11 Å². The molecule has 0 saturated heterocycles. The molecule has 0 aliphatic rings. The predicted molar refractivity (Wildman–Crippen MR) is 66.2 cm³/mol. The van der Waals surface area contributed by atoms with Gasteiger partial charge in [-0.1, -0.05) is 0 Å². The molecule has 0 aliphatic heterocycles. The van der Waals surface area contributed by atoms with Gasteiger partial charge in [-0.25, -0.2) is 4.79 Å². The molecule has 1 heterocycles. The fourth-order valence-corrected chi connectivity index (χ4v) is 2.04. The highest BCUT2D eigenvalue weighted by Gasteiger charge is 2.18. The maximum atomic E-state index is 11.8. The first-order valence-electron chi connectivity index (χ1n) is 4.91. The third-order valence-corrected chi connectivity index (χ3v) is 3.04. The lowest BCUT2D eigenvalue weighted by Crippen LogP contribution is -2.23. The van der Waals surface area contributed by atoms with Crippen LogP contribution in [0.2, 0.25) is 0 Å². The van der Waals surface area contributed by atoms with Crippen molar-refractivity contribution in [3.8, 4) is 11.4 Å². The maximum absolute atomic E-state index is 11.8. The molecule has 0 saturated carbocycles. The van der Waals surface area contributed by atoms with Crippen LogP contribution in [0.25, 0.3) is 5.69 Å². The number of aldehydes is 1. The van der Waals surface area contributed by atoms with E-state index >= 15 is 0 Å². The van der Waals surface area contributed by atoms with Crippen LogP contribution in [-0.4, -0.2) is 33.2 Å². The van der Waals surface area contributed by atoms with Crippen LogP contribution >= 0.6 is 15.9 Å². The van der Waals surface area contributed by atoms with Crippen LogP contribution in [0.3, 0.4) is 0 Å². The van der Waals surface area contributed by atoms with Gasteiger partial charge in [0.15, 0.2) is 6.29 Å². The highest BCUT2D eigenvalue weighted by atomic mass is 79.9. The van der Waals surface area contributed by atoms with Gasteiger partial charge in [-0.2, -0.15) is 9.36 Å². The van der Waals surface area contributed by atoms with Crippen LogP contribution in [0, 0.1) is 0 Å². The van der Waals surface area contributed by atoms with Crippen molar-refractivity contribution >= 4 is 22.2 Å². The molecule has 7 nitrogen and oxygen atoms in total. The summed E-state index contributed by atoms with van der Waals surface area (Å²) in [5.41, 5.74) is 0.0870. The Hall–Kier alpha value is -1.96. The number of carbonyl (C=O) groups excluding carboxylic acids is 1. The maximum Gasteiger partial charge on any atom is 0.368 e. The van der Waals surface area contributed by atoms with Crippen molar-refractivity contribution in [2.45, 2.75) is 0 Å². The Morgan fingerprint density at radius 3 is 2.61 bits per heavy atom. The van der Waals surface area contributed by atoms with Gasteiger partial charge in [-0.3, -0.25) is 4.79 Å². The minimum Gasteiger partial charge on any atom is -0.496 e. The third kappa shape index (κ3) is 1.84. The van der Waals surface area contributed by atoms with E-state index in [4.69, 9.17) is 4.74 Å².